The molecule has 0 aliphatic carbocycles. The van der Waals surface area contributed by atoms with Crippen molar-refractivity contribution in [2.75, 3.05) is 7.11 Å². The van der Waals surface area contributed by atoms with Crippen molar-refractivity contribution in [3.63, 3.8) is 0 Å². The van der Waals surface area contributed by atoms with Gasteiger partial charge in [0.25, 0.3) is 0 Å². The Morgan fingerprint density at radius 1 is 1.12 bits per heavy atom. The largest absolute Gasteiger partial charge is 0.497 e. The van der Waals surface area contributed by atoms with Gasteiger partial charge in [-0.3, -0.25) is 4.79 Å². The number of carbonyl (C=O) groups is 1. The number of ether oxygens (including phenoxy) is 1. The van der Waals surface area contributed by atoms with Crippen molar-refractivity contribution in [1.29, 1.82) is 0 Å². The molecule has 0 unspecified atom stereocenters. The molecule has 3 aromatic rings. The van der Waals surface area contributed by atoms with E-state index >= 15 is 0 Å². The molecule has 2 aromatic carbocycles. The molecule has 0 bridgehead atoms. The first-order valence-corrected chi connectivity index (χ1v) is 8.06. The number of rotatable bonds is 6. The first-order valence-electron chi connectivity index (χ1n) is 8.06. The second-order valence-corrected chi connectivity index (χ2v) is 5.85. The van der Waals surface area contributed by atoms with Crippen LogP contribution in [0.5, 0.6) is 5.75 Å². The van der Waals surface area contributed by atoms with Crippen LogP contribution in [0, 0.1) is 6.92 Å². The van der Waals surface area contributed by atoms with E-state index in [1.165, 1.54) is 5.56 Å². The maximum absolute atomic E-state index is 12.1. The zero-order chi connectivity index (χ0) is 17.6. The summed E-state index contributed by atoms with van der Waals surface area (Å²) < 4.78 is 10.5. The third kappa shape index (κ3) is 4.47. The molecule has 5 nitrogen and oxygen atoms in total. The van der Waals surface area contributed by atoms with Crippen LogP contribution in [0.1, 0.15) is 16.8 Å². The fourth-order valence-electron chi connectivity index (χ4n) is 2.42. The van der Waals surface area contributed by atoms with Gasteiger partial charge in [-0.1, -0.05) is 35.0 Å². The van der Waals surface area contributed by atoms with Crippen LogP contribution in [0.25, 0.3) is 11.3 Å². The van der Waals surface area contributed by atoms with Gasteiger partial charge in [-0.25, -0.2) is 0 Å². The number of nitrogens with zero attached hydrogens (tertiary/aromatic N) is 1. The van der Waals surface area contributed by atoms with E-state index in [0.29, 0.717) is 18.0 Å². The smallest absolute Gasteiger partial charge is 0.226 e. The molecular formula is C20H20N2O3. The fraction of sp³-hybridized carbons (Fsp3) is 0.200. The van der Waals surface area contributed by atoms with E-state index in [1.54, 1.807) is 13.2 Å². The normalized spacial score (nSPS) is 10.5. The van der Waals surface area contributed by atoms with Crippen molar-refractivity contribution in [2.24, 2.45) is 0 Å². The molecule has 0 saturated carbocycles. The summed E-state index contributed by atoms with van der Waals surface area (Å²) in [6.07, 6.45) is 0.186. The lowest BCUT2D eigenvalue weighted by Gasteiger charge is -2.04. The van der Waals surface area contributed by atoms with E-state index in [4.69, 9.17) is 9.26 Å². The van der Waals surface area contributed by atoms with Gasteiger partial charge in [0.2, 0.25) is 5.91 Å². The Hall–Kier alpha value is -3.08. The molecule has 3 rings (SSSR count). The summed E-state index contributed by atoms with van der Waals surface area (Å²) in [5.74, 6) is 1.32. The summed E-state index contributed by atoms with van der Waals surface area (Å²) >= 11 is 0. The van der Waals surface area contributed by atoms with Crippen LogP contribution in [0.3, 0.4) is 0 Å². The summed E-state index contributed by atoms with van der Waals surface area (Å²) in [7, 11) is 1.62. The Kier molecular flexibility index (Phi) is 5.14. The molecule has 0 spiro atoms. The number of amides is 1. The predicted molar refractivity (Wildman–Crippen MR) is 95.2 cm³/mol. The third-order valence-corrected chi connectivity index (χ3v) is 3.89. The lowest BCUT2D eigenvalue weighted by atomic mass is 10.1. The van der Waals surface area contributed by atoms with E-state index in [0.717, 1.165) is 16.9 Å². The number of hydrogen-bond acceptors (Lipinski definition) is 4. The molecule has 0 aliphatic rings. The molecule has 0 fully saturated rings. The lowest BCUT2D eigenvalue weighted by Crippen LogP contribution is -2.24. The molecule has 0 saturated heterocycles. The molecular weight excluding hydrogens is 316 g/mol. The van der Waals surface area contributed by atoms with Crippen LogP contribution < -0.4 is 10.1 Å². The summed E-state index contributed by atoms with van der Waals surface area (Å²) in [6.45, 7) is 2.54. The SMILES string of the molecule is COc1ccc(-c2cc(CC(=O)NCc3ccc(C)cc3)no2)cc1. The maximum atomic E-state index is 12.1. The fourth-order valence-corrected chi connectivity index (χ4v) is 2.42. The molecule has 1 N–H and O–H groups in total. The summed E-state index contributed by atoms with van der Waals surface area (Å²) in [4.78, 5) is 12.1. The highest BCUT2D eigenvalue weighted by Crippen LogP contribution is 2.23. The van der Waals surface area contributed by atoms with Crippen LogP contribution in [0.2, 0.25) is 0 Å². The molecule has 0 atom stereocenters. The van der Waals surface area contributed by atoms with E-state index in [1.807, 2.05) is 55.5 Å². The Bertz CT molecular complexity index is 836. The lowest BCUT2D eigenvalue weighted by molar-refractivity contribution is -0.120. The van der Waals surface area contributed by atoms with Crippen LogP contribution in [0.15, 0.2) is 59.1 Å². The third-order valence-electron chi connectivity index (χ3n) is 3.89. The number of nitrogens with one attached hydrogen (secondary N) is 1. The van der Waals surface area contributed by atoms with Gasteiger partial charge >= 0.3 is 0 Å². The molecule has 1 aromatic heterocycles. The van der Waals surface area contributed by atoms with Gasteiger partial charge in [0, 0.05) is 18.2 Å². The molecule has 128 valence electrons. The number of aromatic nitrogens is 1. The molecule has 0 aliphatic heterocycles. The average molecular weight is 336 g/mol. The minimum Gasteiger partial charge on any atom is -0.497 e. The summed E-state index contributed by atoms with van der Waals surface area (Å²) in [6, 6.07) is 17.3. The molecule has 25 heavy (non-hydrogen) atoms. The van der Waals surface area contributed by atoms with Gasteiger partial charge in [0.05, 0.1) is 19.2 Å². The van der Waals surface area contributed by atoms with Crippen LogP contribution in [-0.4, -0.2) is 18.2 Å². The average Bonchev–Trinajstić information content (AvgIpc) is 3.10. The number of methoxy groups -OCH3 is 1. The zero-order valence-corrected chi connectivity index (χ0v) is 14.3. The molecule has 0 radical (unpaired) electrons. The highest BCUT2D eigenvalue weighted by molar-refractivity contribution is 5.78. The van der Waals surface area contributed by atoms with E-state index in [9.17, 15) is 4.79 Å². The van der Waals surface area contributed by atoms with Crippen molar-refractivity contribution in [1.82, 2.24) is 10.5 Å². The minimum atomic E-state index is -0.0878. The molecule has 1 amide bonds. The van der Waals surface area contributed by atoms with Gasteiger partial charge in [-0.15, -0.1) is 0 Å². The summed E-state index contributed by atoms with van der Waals surface area (Å²) in [5, 5.41) is 6.87. The van der Waals surface area contributed by atoms with Crippen LogP contribution in [-0.2, 0) is 17.8 Å². The van der Waals surface area contributed by atoms with Crippen molar-refractivity contribution < 1.29 is 14.1 Å². The van der Waals surface area contributed by atoms with Gasteiger partial charge in [0.15, 0.2) is 5.76 Å². The van der Waals surface area contributed by atoms with Crippen molar-refractivity contribution in [3.05, 3.63) is 71.4 Å². The second-order valence-electron chi connectivity index (χ2n) is 5.85. The Balaban J connectivity index is 1.56. The highest BCUT2D eigenvalue weighted by Gasteiger charge is 2.11. The standard InChI is InChI=1S/C20H20N2O3/c1-14-3-5-15(6-4-14)13-21-20(23)12-17-11-19(25-22-17)16-7-9-18(24-2)10-8-16/h3-11H,12-13H2,1-2H3,(H,21,23). The van der Waals surface area contributed by atoms with Gasteiger partial charge < -0.3 is 14.6 Å². The second kappa shape index (κ2) is 7.66. The van der Waals surface area contributed by atoms with E-state index in [-0.39, 0.29) is 12.3 Å². The zero-order valence-electron chi connectivity index (χ0n) is 14.3. The Morgan fingerprint density at radius 3 is 2.52 bits per heavy atom. The number of aryl methyl sites for hydroxylation is 1. The molecule has 5 heteroatoms. The number of carbonyl (C=O) groups excluding carboxylic acids is 1. The predicted octanol–water partition coefficient (Wildman–Crippen LogP) is 3.52. The van der Waals surface area contributed by atoms with Crippen molar-refractivity contribution in [2.45, 2.75) is 19.9 Å². The summed E-state index contributed by atoms with van der Waals surface area (Å²) in [5.41, 5.74) is 3.76. The van der Waals surface area contributed by atoms with Crippen molar-refractivity contribution in [3.8, 4) is 17.1 Å². The minimum absolute atomic E-state index is 0.0878. The van der Waals surface area contributed by atoms with E-state index < -0.39 is 0 Å². The first kappa shape index (κ1) is 16.8. The van der Waals surface area contributed by atoms with E-state index in [2.05, 4.69) is 10.5 Å². The van der Waals surface area contributed by atoms with Gasteiger partial charge in [-0.05, 0) is 36.8 Å². The number of benzene rings is 2. The topological polar surface area (TPSA) is 64.4 Å². The van der Waals surface area contributed by atoms with Crippen molar-refractivity contribution >= 4 is 5.91 Å². The Labute approximate surface area is 146 Å². The quantitative estimate of drug-likeness (QED) is 0.748. The van der Waals surface area contributed by atoms with Crippen LogP contribution >= 0.6 is 0 Å². The Morgan fingerprint density at radius 2 is 1.84 bits per heavy atom. The highest BCUT2D eigenvalue weighted by atomic mass is 16.5. The molecule has 1 heterocycles. The maximum Gasteiger partial charge on any atom is 0.226 e. The monoisotopic (exact) mass is 336 g/mol. The van der Waals surface area contributed by atoms with Gasteiger partial charge in [-0.2, -0.15) is 0 Å². The number of hydrogen-bond donors (Lipinski definition) is 1. The van der Waals surface area contributed by atoms with Gasteiger partial charge in [0.1, 0.15) is 5.75 Å². The first-order chi connectivity index (χ1) is 12.1. The van der Waals surface area contributed by atoms with Crippen LogP contribution in [0.4, 0.5) is 0 Å².